The maximum Gasteiger partial charge on any atom is 0.320 e. The van der Waals surface area contributed by atoms with Crippen LogP contribution in [-0.4, -0.2) is 36.7 Å². The highest BCUT2D eigenvalue weighted by Crippen LogP contribution is 2.17. The van der Waals surface area contributed by atoms with Crippen LogP contribution in [0.1, 0.15) is 17.6 Å². The van der Waals surface area contributed by atoms with Gasteiger partial charge in [-0.25, -0.2) is 4.79 Å². The highest BCUT2D eigenvalue weighted by molar-refractivity contribution is 5.88. The fourth-order valence-corrected chi connectivity index (χ4v) is 1.79. The minimum absolute atomic E-state index is 0.0326. The first kappa shape index (κ1) is 14.1. The highest BCUT2D eigenvalue weighted by Gasteiger charge is 2.18. The summed E-state index contributed by atoms with van der Waals surface area (Å²) in [5.41, 5.74) is 0. The van der Waals surface area contributed by atoms with Gasteiger partial charge in [-0.2, -0.15) is 0 Å². The number of urea groups is 1. The molecule has 108 valence electrons. The van der Waals surface area contributed by atoms with Gasteiger partial charge in [-0.15, -0.1) is 0 Å². The topological polar surface area (TPSA) is 83.5 Å². The first-order valence-corrected chi connectivity index (χ1v) is 6.24. The molecule has 0 aliphatic rings. The van der Waals surface area contributed by atoms with Crippen molar-refractivity contribution in [3.8, 4) is 0 Å². The second-order valence-electron chi connectivity index (χ2n) is 4.65. The molecule has 0 saturated carbocycles. The summed E-state index contributed by atoms with van der Waals surface area (Å²) >= 11 is 0. The van der Waals surface area contributed by atoms with Gasteiger partial charge in [0.15, 0.2) is 5.82 Å². The summed E-state index contributed by atoms with van der Waals surface area (Å²) in [4.78, 5) is 13.7. The molecule has 0 bridgehead atoms. The van der Waals surface area contributed by atoms with Crippen LogP contribution in [0.2, 0.25) is 0 Å². The average molecular weight is 278 g/mol. The molecule has 0 radical (unpaired) electrons. The number of furan rings is 1. The Bertz CT molecular complexity index is 548. The zero-order valence-corrected chi connectivity index (χ0v) is 11.7. The molecule has 0 aromatic carbocycles. The smallest absolute Gasteiger partial charge is 0.320 e. The van der Waals surface area contributed by atoms with Crippen LogP contribution in [0.3, 0.4) is 0 Å². The standard InChI is InChI=1S/C13H18N4O3/c1-9-7-12(16-20-9)15-13(18)14-8-10(17(2)3)11-5-4-6-19-11/h4-7,10H,8H2,1-3H3,(H2,14,15,16,18)/t10-/m0/s1. The normalized spacial score (nSPS) is 12.4. The van der Waals surface area contributed by atoms with E-state index in [1.165, 1.54) is 0 Å². The molecule has 0 fully saturated rings. The lowest BCUT2D eigenvalue weighted by Gasteiger charge is -2.22. The minimum atomic E-state index is -0.336. The minimum Gasteiger partial charge on any atom is -0.468 e. The van der Waals surface area contributed by atoms with Gasteiger partial charge in [-0.1, -0.05) is 5.16 Å². The Labute approximate surface area is 116 Å². The summed E-state index contributed by atoms with van der Waals surface area (Å²) in [7, 11) is 3.85. The first-order valence-electron chi connectivity index (χ1n) is 6.24. The monoisotopic (exact) mass is 278 g/mol. The van der Waals surface area contributed by atoms with Gasteiger partial charge in [0.1, 0.15) is 11.5 Å². The molecule has 0 aliphatic carbocycles. The van der Waals surface area contributed by atoms with Gasteiger partial charge in [-0.05, 0) is 33.2 Å². The summed E-state index contributed by atoms with van der Waals surface area (Å²) in [6, 6.07) is 4.98. The van der Waals surface area contributed by atoms with Gasteiger partial charge in [0.2, 0.25) is 0 Å². The molecule has 2 aromatic heterocycles. The van der Waals surface area contributed by atoms with Gasteiger partial charge in [0.05, 0.1) is 12.3 Å². The number of carbonyl (C=O) groups is 1. The SMILES string of the molecule is Cc1cc(NC(=O)NC[C@@H](c2ccco2)N(C)C)no1. The molecule has 0 spiro atoms. The summed E-state index contributed by atoms with van der Waals surface area (Å²) in [5, 5.41) is 9.07. The van der Waals surface area contributed by atoms with E-state index in [-0.39, 0.29) is 12.1 Å². The van der Waals surface area contributed by atoms with E-state index >= 15 is 0 Å². The Morgan fingerprint density at radius 1 is 1.50 bits per heavy atom. The number of anilines is 1. The van der Waals surface area contributed by atoms with Crippen molar-refractivity contribution < 1.29 is 13.7 Å². The van der Waals surface area contributed by atoms with Crippen molar-refractivity contribution in [2.24, 2.45) is 0 Å². The van der Waals surface area contributed by atoms with Crippen LogP contribution in [0.15, 0.2) is 33.4 Å². The summed E-state index contributed by atoms with van der Waals surface area (Å²) in [5.74, 6) is 1.83. The van der Waals surface area contributed by atoms with Crippen molar-refractivity contribution in [3.05, 3.63) is 36.0 Å². The van der Waals surface area contributed by atoms with Crippen molar-refractivity contribution in [1.82, 2.24) is 15.4 Å². The summed E-state index contributed by atoms with van der Waals surface area (Å²) in [6.45, 7) is 2.18. The van der Waals surface area contributed by atoms with Gasteiger partial charge >= 0.3 is 6.03 Å². The maximum atomic E-state index is 11.8. The van der Waals surface area contributed by atoms with E-state index in [1.807, 2.05) is 31.1 Å². The first-order chi connectivity index (χ1) is 9.56. The number of likely N-dealkylation sites (N-methyl/N-ethyl adjacent to an activating group) is 1. The number of carbonyl (C=O) groups excluding carboxylic acids is 1. The maximum absolute atomic E-state index is 11.8. The van der Waals surface area contributed by atoms with Gasteiger partial charge in [0.25, 0.3) is 0 Å². The van der Waals surface area contributed by atoms with Gasteiger partial charge in [-0.3, -0.25) is 10.2 Å². The average Bonchev–Trinajstić information content (AvgIpc) is 3.01. The number of aromatic nitrogens is 1. The van der Waals surface area contributed by atoms with Crippen LogP contribution in [0.5, 0.6) is 0 Å². The van der Waals surface area contributed by atoms with E-state index in [0.29, 0.717) is 18.1 Å². The van der Waals surface area contributed by atoms with Crippen LogP contribution in [0.4, 0.5) is 10.6 Å². The van der Waals surface area contributed by atoms with E-state index in [4.69, 9.17) is 8.94 Å². The predicted octanol–water partition coefficient (Wildman–Crippen LogP) is 2.00. The Morgan fingerprint density at radius 2 is 2.30 bits per heavy atom. The third-order valence-corrected chi connectivity index (χ3v) is 2.82. The molecular weight excluding hydrogens is 260 g/mol. The molecule has 1 atom stereocenters. The third kappa shape index (κ3) is 3.61. The van der Waals surface area contributed by atoms with Crippen LogP contribution < -0.4 is 10.6 Å². The highest BCUT2D eigenvalue weighted by atomic mass is 16.5. The predicted molar refractivity (Wildman–Crippen MR) is 73.4 cm³/mol. The van der Waals surface area contributed by atoms with E-state index < -0.39 is 0 Å². The number of hydrogen-bond donors (Lipinski definition) is 2. The van der Waals surface area contributed by atoms with Crippen LogP contribution in [0, 0.1) is 6.92 Å². The number of hydrogen-bond acceptors (Lipinski definition) is 5. The second kappa shape index (κ2) is 6.25. The Kier molecular flexibility index (Phi) is 4.41. The summed E-state index contributed by atoms with van der Waals surface area (Å²) in [6.07, 6.45) is 1.62. The Balaban J connectivity index is 1.88. The zero-order valence-electron chi connectivity index (χ0n) is 11.7. The van der Waals surface area contributed by atoms with E-state index in [9.17, 15) is 4.79 Å². The molecular formula is C13H18N4O3. The second-order valence-corrected chi connectivity index (χ2v) is 4.65. The van der Waals surface area contributed by atoms with Crippen molar-refractivity contribution in [1.29, 1.82) is 0 Å². The lowest BCUT2D eigenvalue weighted by molar-refractivity contribution is 0.233. The molecule has 0 saturated heterocycles. The van der Waals surface area contributed by atoms with Crippen molar-refractivity contribution in [2.75, 3.05) is 26.0 Å². The number of aryl methyl sites for hydroxylation is 1. The van der Waals surface area contributed by atoms with Gasteiger partial charge < -0.3 is 14.3 Å². The molecule has 2 aromatic rings. The molecule has 2 amide bonds. The zero-order chi connectivity index (χ0) is 14.5. The number of rotatable bonds is 5. The van der Waals surface area contributed by atoms with Crippen molar-refractivity contribution in [3.63, 3.8) is 0 Å². The molecule has 7 heteroatoms. The van der Waals surface area contributed by atoms with E-state index in [1.54, 1.807) is 19.3 Å². The molecule has 2 heterocycles. The van der Waals surface area contributed by atoms with Crippen molar-refractivity contribution in [2.45, 2.75) is 13.0 Å². The van der Waals surface area contributed by atoms with E-state index in [0.717, 1.165) is 5.76 Å². The quantitative estimate of drug-likeness (QED) is 0.874. The Hall–Kier alpha value is -2.28. The number of nitrogens with one attached hydrogen (secondary N) is 2. The number of amides is 2. The van der Waals surface area contributed by atoms with Gasteiger partial charge in [0, 0.05) is 12.6 Å². The van der Waals surface area contributed by atoms with Crippen LogP contribution in [-0.2, 0) is 0 Å². The molecule has 7 nitrogen and oxygen atoms in total. The van der Waals surface area contributed by atoms with Crippen molar-refractivity contribution >= 4 is 11.8 Å². The fourth-order valence-electron chi connectivity index (χ4n) is 1.79. The van der Waals surface area contributed by atoms with Crippen LogP contribution >= 0.6 is 0 Å². The largest absolute Gasteiger partial charge is 0.468 e. The van der Waals surface area contributed by atoms with Crippen LogP contribution in [0.25, 0.3) is 0 Å². The molecule has 0 unspecified atom stereocenters. The lowest BCUT2D eigenvalue weighted by Crippen LogP contribution is -2.36. The Morgan fingerprint density at radius 3 is 2.85 bits per heavy atom. The number of nitrogens with zero attached hydrogens (tertiary/aromatic N) is 2. The lowest BCUT2D eigenvalue weighted by atomic mass is 10.2. The third-order valence-electron chi connectivity index (χ3n) is 2.82. The molecule has 0 aliphatic heterocycles. The molecule has 20 heavy (non-hydrogen) atoms. The summed E-state index contributed by atoms with van der Waals surface area (Å²) < 4.78 is 10.2. The van der Waals surface area contributed by atoms with E-state index in [2.05, 4.69) is 15.8 Å². The fraction of sp³-hybridized carbons (Fsp3) is 0.385. The molecule has 2 N–H and O–H groups in total. The molecule has 2 rings (SSSR count).